The molecule has 3 N–H and O–H groups in total. The van der Waals surface area contributed by atoms with Crippen molar-refractivity contribution < 1.29 is 18.0 Å². The molecular formula is C20H24BrN3O4S. The SMILES string of the molecule is Cc1ccc(Br)c(NS(=O)(=O)c2cccc(C(=O)NCC(=O)NC(C)(C)C)c2)c1. The summed E-state index contributed by atoms with van der Waals surface area (Å²) in [6.07, 6.45) is 0. The number of aryl methyl sites for hydroxylation is 1. The number of benzene rings is 2. The molecule has 156 valence electrons. The highest BCUT2D eigenvalue weighted by Gasteiger charge is 2.19. The summed E-state index contributed by atoms with van der Waals surface area (Å²) in [7, 11) is -3.90. The van der Waals surface area contributed by atoms with Gasteiger partial charge in [-0.05, 0) is 79.5 Å². The third-order valence-corrected chi connectivity index (χ3v) is 5.75. The number of amides is 2. The largest absolute Gasteiger partial charge is 0.350 e. The highest BCUT2D eigenvalue weighted by atomic mass is 79.9. The molecule has 7 nitrogen and oxygen atoms in total. The number of hydrogen-bond acceptors (Lipinski definition) is 4. The van der Waals surface area contributed by atoms with E-state index in [4.69, 9.17) is 0 Å². The molecule has 0 saturated carbocycles. The van der Waals surface area contributed by atoms with Crippen molar-refractivity contribution in [2.75, 3.05) is 11.3 Å². The van der Waals surface area contributed by atoms with E-state index in [9.17, 15) is 18.0 Å². The van der Waals surface area contributed by atoms with Gasteiger partial charge in [-0.1, -0.05) is 12.1 Å². The molecule has 9 heteroatoms. The molecule has 2 amide bonds. The lowest BCUT2D eigenvalue weighted by Gasteiger charge is -2.20. The zero-order valence-electron chi connectivity index (χ0n) is 16.7. The van der Waals surface area contributed by atoms with Gasteiger partial charge in [-0.15, -0.1) is 0 Å². The maximum Gasteiger partial charge on any atom is 0.261 e. The molecule has 0 unspecified atom stereocenters. The summed E-state index contributed by atoms with van der Waals surface area (Å²) in [4.78, 5) is 24.1. The third-order valence-electron chi connectivity index (χ3n) is 3.70. The van der Waals surface area contributed by atoms with Crippen LogP contribution in [-0.4, -0.2) is 32.3 Å². The van der Waals surface area contributed by atoms with Gasteiger partial charge in [0.25, 0.3) is 15.9 Å². The van der Waals surface area contributed by atoms with Gasteiger partial charge in [0.2, 0.25) is 5.91 Å². The quantitative estimate of drug-likeness (QED) is 0.588. The van der Waals surface area contributed by atoms with Crippen molar-refractivity contribution in [3.05, 3.63) is 58.1 Å². The average molecular weight is 482 g/mol. The standard InChI is InChI=1S/C20H24BrN3O4S/c1-13-8-9-16(21)17(10-13)24-29(27,28)15-7-5-6-14(11-15)19(26)22-12-18(25)23-20(2,3)4/h5-11,24H,12H2,1-4H3,(H,22,26)(H,23,25). The fraction of sp³-hybridized carbons (Fsp3) is 0.300. The molecule has 0 aliphatic rings. The van der Waals surface area contributed by atoms with Gasteiger partial charge in [0.15, 0.2) is 0 Å². The summed E-state index contributed by atoms with van der Waals surface area (Å²) in [6, 6.07) is 10.9. The first kappa shape index (κ1) is 22.9. The van der Waals surface area contributed by atoms with Crippen LogP contribution in [0, 0.1) is 6.92 Å². The molecule has 29 heavy (non-hydrogen) atoms. The number of nitrogens with one attached hydrogen (secondary N) is 3. The predicted octanol–water partition coefficient (Wildman–Crippen LogP) is 3.20. The lowest BCUT2D eigenvalue weighted by molar-refractivity contribution is -0.121. The van der Waals surface area contributed by atoms with E-state index >= 15 is 0 Å². The average Bonchev–Trinajstić information content (AvgIpc) is 2.61. The Bertz CT molecular complexity index is 1030. The predicted molar refractivity (Wildman–Crippen MR) is 116 cm³/mol. The van der Waals surface area contributed by atoms with Gasteiger partial charge in [-0.2, -0.15) is 0 Å². The Morgan fingerprint density at radius 1 is 1.07 bits per heavy atom. The molecule has 0 aliphatic carbocycles. The van der Waals surface area contributed by atoms with Crippen molar-refractivity contribution in [1.29, 1.82) is 0 Å². The number of anilines is 1. The van der Waals surface area contributed by atoms with Gasteiger partial charge in [0.1, 0.15) is 0 Å². The fourth-order valence-corrected chi connectivity index (χ4v) is 4.04. The van der Waals surface area contributed by atoms with Crippen molar-refractivity contribution >= 4 is 43.5 Å². The van der Waals surface area contributed by atoms with Gasteiger partial charge in [-0.25, -0.2) is 8.42 Å². The Morgan fingerprint density at radius 2 is 1.76 bits per heavy atom. The Kier molecular flexibility index (Phi) is 7.07. The van der Waals surface area contributed by atoms with Crippen molar-refractivity contribution in [3.63, 3.8) is 0 Å². The molecule has 0 atom stereocenters. The Balaban J connectivity index is 2.14. The summed E-state index contributed by atoms with van der Waals surface area (Å²) in [5.41, 5.74) is 1.02. The Morgan fingerprint density at radius 3 is 2.41 bits per heavy atom. The van der Waals surface area contributed by atoms with Crippen molar-refractivity contribution in [1.82, 2.24) is 10.6 Å². The molecule has 0 bridgehead atoms. The number of hydrogen-bond donors (Lipinski definition) is 3. The van der Waals surface area contributed by atoms with Crippen LogP contribution in [0.3, 0.4) is 0 Å². The van der Waals surface area contributed by atoms with E-state index in [0.29, 0.717) is 10.2 Å². The van der Waals surface area contributed by atoms with Gasteiger partial charge in [-0.3, -0.25) is 14.3 Å². The molecule has 0 heterocycles. The van der Waals surface area contributed by atoms with Gasteiger partial charge in [0.05, 0.1) is 17.1 Å². The Labute approximate surface area is 179 Å². The normalized spacial score (nSPS) is 11.6. The first-order valence-corrected chi connectivity index (χ1v) is 11.1. The summed E-state index contributed by atoms with van der Waals surface area (Å²) in [5.74, 6) is -0.872. The minimum absolute atomic E-state index is 0.0577. The van der Waals surface area contributed by atoms with Crippen molar-refractivity contribution in [2.24, 2.45) is 0 Å². The monoisotopic (exact) mass is 481 g/mol. The molecule has 2 rings (SSSR count). The first-order valence-electron chi connectivity index (χ1n) is 8.86. The number of rotatable bonds is 6. The first-order chi connectivity index (χ1) is 13.4. The molecule has 0 saturated heterocycles. The van der Waals surface area contributed by atoms with E-state index in [1.165, 1.54) is 24.3 Å². The van der Waals surface area contributed by atoms with Gasteiger partial charge in [0, 0.05) is 15.6 Å². The van der Waals surface area contributed by atoms with E-state index in [0.717, 1.165) is 5.56 Å². The molecule has 2 aromatic rings. The zero-order chi connectivity index (χ0) is 21.8. The molecule has 2 aromatic carbocycles. The smallest absolute Gasteiger partial charge is 0.261 e. The van der Waals surface area contributed by atoms with Crippen LogP contribution in [-0.2, 0) is 14.8 Å². The number of carbonyl (C=O) groups excluding carboxylic acids is 2. The van der Waals surface area contributed by atoms with Crippen LogP contribution in [0.15, 0.2) is 51.8 Å². The van der Waals surface area contributed by atoms with E-state index < -0.39 is 21.5 Å². The second-order valence-corrected chi connectivity index (χ2v) is 10.1. The van der Waals surface area contributed by atoms with Crippen LogP contribution in [0.25, 0.3) is 0 Å². The number of carbonyl (C=O) groups is 2. The summed E-state index contributed by atoms with van der Waals surface area (Å²) in [6.45, 7) is 7.15. The number of sulfonamides is 1. The zero-order valence-corrected chi connectivity index (χ0v) is 19.1. The van der Waals surface area contributed by atoms with E-state index in [1.54, 1.807) is 12.1 Å². The van der Waals surface area contributed by atoms with Crippen LogP contribution < -0.4 is 15.4 Å². The second kappa shape index (κ2) is 8.96. The van der Waals surface area contributed by atoms with E-state index in [2.05, 4.69) is 31.3 Å². The highest BCUT2D eigenvalue weighted by molar-refractivity contribution is 9.10. The lowest BCUT2D eigenvalue weighted by Crippen LogP contribution is -2.45. The molecular weight excluding hydrogens is 458 g/mol. The number of halogens is 1. The van der Waals surface area contributed by atoms with Crippen LogP contribution in [0.2, 0.25) is 0 Å². The molecule has 0 spiro atoms. The van der Waals surface area contributed by atoms with Crippen LogP contribution >= 0.6 is 15.9 Å². The molecule has 0 fully saturated rings. The lowest BCUT2D eigenvalue weighted by atomic mass is 10.1. The topological polar surface area (TPSA) is 104 Å². The van der Waals surface area contributed by atoms with E-state index in [-0.39, 0.29) is 22.9 Å². The third kappa shape index (κ3) is 6.86. The second-order valence-electron chi connectivity index (χ2n) is 7.60. The maximum atomic E-state index is 12.7. The van der Waals surface area contributed by atoms with Crippen LogP contribution in [0.1, 0.15) is 36.7 Å². The maximum absolute atomic E-state index is 12.7. The highest BCUT2D eigenvalue weighted by Crippen LogP contribution is 2.26. The van der Waals surface area contributed by atoms with Gasteiger partial charge < -0.3 is 10.6 Å². The van der Waals surface area contributed by atoms with Gasteiger partial charge >= 0.3 is 0 Å². The van der Waals surface area contributed by atoms with Crippen LogP contribution in [0.4, 0.5) is 5.69 Å². The Hall–Kier alpha value is -2.39. The summed E-state index contributed by atoms with van der Waals surface area (Å²) >= 11 is 3.32. The fourth-order valence-electron chi connectivity index (χ4n) is 2.45. The molecule has 0 aliphatic heterocycles. The van der Waals surface area contributed by atoms with Crippen molar-refractivity contribution in [2.45, 2.75) is 38.1 Å². The van der Waals surface area contributed by atoms with E-state index in [1.807, 2.05) is 33.8 Å². The van der Waals surface area contributed by atoms with Crippen LogP contribution in [0.5, 0.6) is 0 Å². The minimum atomic E-state index is -3.90. The summed E-state index contributed by atoms with van der Waals surface area (Å²) in [5, 5.41) is 5.23. The van der Waals surface area contributed by atoms with Crippen molar-refractivity contribution in [3.8, 4) is 0 Å². The minimum Gasteiger partial charge on any atom is -0.350 e. The molecule has 0 aromatic heterocycles. The summed E-state index contributed by atoms with van der Waals surface area (Å²) < 4.78 is 28.6. The molecule has 0 radical (unpaired) electrons.